The molecule has 122 valence electrons. The summed E-state index contributed by atoms with van der Waals surface area (Å²) in [7, 11) is 0. The van der Waals surface area contributed by atoms with Gasteiger partial charge in [0, 0.05) is 10.9 Å². The summed E-state index contributed by atoms with van der Waals surface area (Å²) < 4.78 is 1.56. The van der Waals surface area contributed by atoms with Crippen LogP contribution in [0, 0.1) is 19.3 Å². The van der Waals surface area contributed by atoms with Gasteiger partial charge >= 0.3 is 0 Å². The zero-order valence-corrected chi connectivity index (χ0v) is 15.2. The maximum atomic E-state index is 12.9. The van der Waals surface area contributed by atoms with Crippen molar-refractivity contribution in [3.8, 4) is 23.5 Å². The van der Waals surface area contributed by atoms with Crippen LogP contribution in [0.2, 0.25) is 0 Å². The smallest absolute Gasteiger partial charge is 0.263 e. The lowest BCUT2D eigenvalue weighted by atomic mass is 9.86. The molecule has 0 fully saturated rings. The van der Waals surface area contributed by atoms with Gasteiger partial charge in [0.15, 0.2) is 0 Å². The molecule has 4 heteroatoms. The highest BCUT2D eigenvalue weighted by Gasteiger charge is 2.17. The molecule has 3 nitrogen and oxygen atoms in total. The van der Waals surface area contributed by atoms with Gasteiger partial charge in [-0.3, -0.25) is 9.36 Å². The van der Waals surface area contributed by atoms with Gasteiger partial charge < -0.3 is 0 Å². The van der Waals surface area contributed by atoms with E-state index in [9.17, 15) is 4.79 Å². The van der Waals surface area contributed by atoms with Crippen molar-refractivity contribution in [2.24, 2.45) is 0 Å². The third-order valence-electron chi connectivity index (χ3n) is 4.20. The van der Waals surface area contributed by atoms with Gasteiger partial charge in [0.1, 0.15) is 10.7 Å². The second-order valence-corrected chi connectivity index (χ2v) is 7.77. The fourth-order valence-electron chi connectivity index (χ4n) is 2.77. The molecule has 3 aromatic rings. The Labute approximate surface area is 146 Å². The molecule has 0 saturated heterocycles. The van der Waals surface area contributed by atoms with Gasteiger partial charge in [-0.05, 0) is 23.5 Å². The molecule has 2 aromatic heterocycles. The van der Waals surface area contributed by atoms with E-state index in [-0.39, 0.29) is 17.5 Å². The topological polar surface area (TPSA) is 34.9 Å². The lowest BCUT2D eigenvalue weighted by molar-refractivity contribution is 0.590. The molecular formula is C20H20N2OS. The third-order valence-corrected chi connectivity index (χ3v) is 5.07. The molecule has 3 rings (SSSR count). The zero-order chi connectivity index (χ0) is 17.5. The molecule has 24 heavy (non-hydrogen) atoms. The highest BCUT2D eigenvalue weighted by Crippen LogP contribution is 2.32. The fraction of sp³-hybridized carbons (Fsp3) is 0.300. The van der Waals surface area contributed by atoms with E-state index in [2.05, 4.69) is 55.9 Å². The summed E-state index contributed by atoms with van der Waals surface area (Å²) in [6.45, 7) is 8.62. The molecule has 0 aliphatic rings. The summed E-state index contributed by atoms with van der Waals surface area (Å²) in [6, 6.07) is 8.40. The van der Waals surface area contributed by atoms with E-state index in [1.54, 1.807) is 4.57 Å². The van der Waals surface area contributed by atoms with Gasteiger partial charge in [0.2, 0.25) is 0 Å². The molecule has 0 unspecified atom stereocenters. The zero-order valence-electron chi connectivity index (χ0n) is 14.4. The molecular weight excluding hydrogens is 316 g/mol. The standard InChI is InChI=1S/C20H20N2OS/c1-6-11-22-13(2)21-18-17(19(22)23)16(12-24-18)14-7-9-15(10-8-14)20(3,4)5/h1,7-10,12H,11H2,2-5H3. The Balaban J connectivity index is 2.19. The first kappa shape index (κ1) is 16.5. The number of aryl methyl sites for hydroxylation is 1. The Bertz CT molecular complexity index is 996. The maximum Gasteiger partial charge on any atom is 0.263 e. The highest BCUT2D eigenvalue weighted by atomic mass is 32.1. The minimum absolute atomic E-state index is 0.0633. The van der Waals surface area contributed by atoms with E-state index in [0.29, 0.717) is 11.2 Å². The molecule has 0 saturated carbocycles. The SMILES string of the molecule is C#CCn1c(C)nc2scc(-c3ccc(C(C)(C)C)cc3)c2c1=O. The Hall–Kier alpha value is -2.38. The van der Waals surface area contributed by atoms with Crippen LogP contribution >= 0.6 is 11.3 Å². The molecule has 0 radical (unpaired) electrons. The monoisotopic (exact) mass is 336 g/mol. The van der Waals surface area contributed by atoms with Crippen molar-refractivity contribution in [2.75, 3.05) is 0 Å². The minimum atomic E-state index is -0.0633. The molecule has 0 amide bonds. The molecule has 0 atom stereocenters. The van der Waals surface area contributed by atoms with Crippen molar-refractivity contribution in [1.29, 1.82) is 0 Å². The number of fused-ring (bicyclic) bond motifs is 1. The Kier molecular flexibility index (Phi) is 4.06. The van der Waals surface area contributed by atoms with Crippen LogP contribution in [-0.4, -0.2) is 9.55 Å². The number of benzene rings is 1. The van der Waals surface area contributed by atoms with Crippen LogP contribution in [0.15, 0.2) is 34.4 Å². The summed E-state index contributed by atoms with van der Waals surface area (Å²) >= 11 is 1.50. The van der Waals surface area contributed by atoms with Gasteiger partial charge in [-0.1, -0.05) is 51.0 Å². The van der Waals surface area contributed by atoms with Crippen molar-refractivity contribution in [3.05, 3.63) is 51.4 Å². The van der Waals surface area contributed by atoms with Crippen molar-refractivity contribution >= 4 is 21.6 Å². The summed E-state index contributed by atoms with van der Waals surface area (Å²) in [5.74, 6) is 3.19. The molecule has 2 heterocycles. The van der Waals surface area contributed by atoms with Crippen LogP contribution in [0.25, 0.3) is 21.3 Å². The van der Waals surface area contributed by atoms with Crippen LogP contribution in [0.1, 0.15) is 32.2 Å². The molecule has 0 N–H and O–H groups in total. The number of hydrogen-bond acceptors (Lipinski definition) is 3. The normalized spacial score (nSPS) is 11.6. The summed E-state index contributed by atoms with van der Waals surface area (Å²) in [5, 5.41) is 2.66. The van der Waals surface area contributed by atoms with Crippen molar-refractivity contribution < 1.29 is 0 Å². The van der Waals surface area contributed by atoms with E-state index < -0.39 is 0 Å². The van der Waals surface area contributed by atoms with Crippen LogP contribution in [0.5, 0.6) is 0 Å². The Morgan fingerprint density at radius 2 is 1.92 bits per heavy atom. The van der Waals surface area contributed by atoms with Gasteiger partial charge in [0.05, 0.1) is 11.9 Å². The Morgan fingerprint density at radius 1 is 1.25 bits per heavy atom. The number of aromatic nitrogens is 2. The number of rotatable bonds is 2. The van der Waals surface area contributed by atoms with E-state index in [1.165, 1.54) is 16.9 Å². The van der Waals surface area contributed by atoms with E-state index in [1.807, 2.05) is 12.3 Å². The van der Waals surface area contributed by atoms with Crippen LogP contribution in [0.3, 0.4) is 0 Å². The number of thiophene rings is 1. The largest absolute Gasteiger partial charge is 0.284 e. The van der Waals surface area contributed by atoms with E-state index in [0.717, 1.165) is 16.0 Å². The highest BCUT2D eigenvalue weighted by molar-refractivity contribution is 7.17. The minimum Gasteiger partial charge on any atom is -0.284 e. The molecule has 0 spiro atoms. The average Bonchev–Trinajstić information content (AvgIpc) is 2.94. The average molecular weight is 336 g/mol. The number of terminal acetylenes is 1. The van der Waals surface area contributed by atoms with E-state index in [4.69, 9.17) is 6.42 Å². The summed E-state index contributed by atoms with van der Waals surface area (Å²) in [6.07, 6.45) is 5.39. The first-order valence-electron chi connectivity index (χ1n) is 7.86. The van der Waals surface area contributed by atoms with Crippen LogP contribution < -0.4 is 5.56 Å². The quantitative estimate of drug-likeness (QED) is 0.652. The Morgan fingerprint density at radius 3 is 2.50 bits per heavy atom. The third kappa shape index (κ3) is 2.76. The maximum absolute atomic E-state index is 12.9. The van der Waals surface area contributed by atoms with Gasteiger partial charge in [-0.25, -0.2) is 4.98 Å². The predicted octanol–water partition coefficient (Wildman–Crippen LogP) is 4.36. The number of nitrogens with zero attached hydrogens (tertiary/aromatic N) is 2. The lowest BCUT2D eigenvalue weighted by Crippen LogP contribution is -2.23. The molecule has 0 aliphatic heterocycles. The fourth-order valence-corrected chi connectivity index (χ4v) is 3.75. The molecule has 0 bridgehead atoms. The second kappa shape index (κ2) is 5.92. The molecule has 1 aromatic carbocycles. The van der Waals surface area contributed by atoms with Crippen molar-refractivity contribution in [3.63, 3.8) is 0 Å². The van der Waals surface area contributed by atoms with Crippen LogP contribution in [0.4, 0.5) is 0 Å². The van der Waals surface area contributed by atoms with Crippen molar-refractivity contribution in [2.45, 2.75) is 39.7 Å². The van der Waals surface area contributed by atoms with Gasteiger partial charge in [0.25, 0.3) is 5.56 Å². The number of hydrogen-bond donors (Lipinski definition) is 0. The summed E-state index contributed by atoms with van der Waals surface area (Å²) in [4.78, 5) is 18.2. The summed E-state index contributed by atoms with van der Waals surface area (Å²) in [5.41, 5.74) is 3.27. The second-order valence-electron chi connectivity index (χ2n) is 6.91. The first-order chi connectivity index (χ1) is 11.3. The lowest BCUT2D eigenvalue weighted by Gasteiger charge is -2.19. The van der Waals surface area contributed by atoms with Gasteiger partial charge in [-0.15, -0.1) is 17.8 Å². The van der Waals surface area contributed by atoms with Crippen molar-refractivity contribution in [1.82, 2.24) is 9.55 Å². The first-order valence-corrected chi connectivity index (χ1v) is 8.74. The van der Waals surface area contributed by atoms with Gasteiger partial charge in [-0.2, -0.15) is 0 Å². The predicted molar refractivity (Wildman–Crippen MR) is 102 cm³/mol. The van der Waals surface area contributed by atoms with E-state index >= 15 is 0 Å². The van der Waals surface area contributed by atoms with Crippen LogP contribution in [-0.2, 0) is 12.0 Å². The molecule has 0 aliphatic carbocycles.